The van der Waals surface area contributed by atoms with Gasteiger partial charge in [0.1, 0.15) is 6.61 Å². The zero-order chi connectivity index (χ0) is 61.9. The Kier molecular flexibility index (Phi) is 77.1. The Hall–Kier alpha value is -1.10. The first kappa shape index (κ1) is 84.9. The second kappa shape index (κ2) is 78.1. The van der Waals surface area contributed by atoms with Gasteiger partial charge in [0, 0.05) is 12.8 Å². The molecular weight excluding hydrogens is 1050 g/mol. The number of aliphatic hydroxyl groups excluding tert-OH is 1. The number of ether oxygens (including phenoxy) is 2. The lowest BCUT2D eigenvalue weighted by molar-refractivity contribution is -0.161. The predicted molar refractivity (Wildman–Crippen MR) is 381 cm³/mol. The molecule has 1 unspecified atom stereocenters. The molecular formula is C81H160O5. The van der Waals surface area contributed by atoms with Gasteiger partial charge in [-0.1, -0.05) is 463 Å². The second-order valence-electron chi connectivity index (χ2n) is 28.2. The van der Waals surface area contributed by atoms with Gasteiger partial charge in [0.2, 0.25) is 0 Å². The Balaban J connectivity index is 3.32. The van der Waals surface area contributed by atoms with E-state index in [0.29, 0.717) is 12.8 Å². The van der Waals surface area contributed by atoms with Gasteiger partial charge in [-0.3, -0.25) is 9.59 Å². The van der Waals surface area contributed by atoms with Gasteiger partial charge >= 0.3 is 11.9 Å². The molecule has 0 aliphatic carbocycles. The van der Waals surface area contributed by atoms with Crippen molar-refractivity contribution >= 4 is 11.9 Å². The molecule has 514 valence electrons. The van der Waals surface area contributed by atoms with Gasteiger partial charge in [0.25, 0.3) is 0 Å². The average molecular weight is 1210 g/mol. The molecule has 0 saturated carbocycles. The summed E-state index contributed by atoms with van der Waals surface area (Å²) in [5.41, 5.74) is 0. The van der Waals surface area contributed by atoms with Crippen molar-refractivity contribution in [2.24, 2.45) is 0 Å². The highest BCUT2D eigenvalue weighted by Gasteiger charge is 2.16. The Morgan fingerprint density at radius 3 is 0.512 bits per heavy atom. The summed E-state index contributed by atoms with van der Waals surface area (Å²) < 4.78 is 10.8. The highest BCUT2D eigenvalue weighted by molar-refractivity contribution is 5.70. The maximum absolute atomic E-state index is 12.4. The van der Waals surface area contributed by atoms with E-state index in [-0.39, 0.29) is 25.2 Å². The van der Waals surface area contributed by atoms with E-state index in [9.17, 15) is 14.7 Å². The minimum Gasteiger partial charge on any atom is -0.462 e. The van der Waals surface area contributed by atoms with Crippen LogP contribution in [0.4, 0.5) is 0 Å². The van der Waals surface area contributed by atoms with Crippen molar-refractivity contribution in [3.05, 3.63) is 0 Å². The van der Waals surface area contributed by atoms with Gasteiger partial charge < -0.3 is 14.6 Å². The van der Waals surface area contributed by atoms with Crippen molar-refractivity contribution < 1.29 is 24.2 Å². The first-order chi connectivity index (χ1) is 42.6. The third-order valence-electron chi connectivity index (χ3n) is 19.4. The van der Waals surface area contributed by atoms with E-state index in [1.165, 1.54) is 430 Å². The summed E-state index contributed by atoms with van der Waals surface area (Å²) in [5.74, 6) is -0.555. The fourth-order valence-corrected chi connectivity index (χ4v) is 13.3. The average Bonchev–Trinajstić information content (AvgIpc) is 3.54. The molecule has 5 heteroatoms. The largest absolute Gasteiger partial charge is 0.462 e. The van der Waals surface area contributed by atoms with Gasteiger partial charge in [-0.05, 0) is 12.8 Å². The topological polar surface area (TPSA) is 72.8 Å². The number of hydrogen-bond donors (Lipinski definition) is 1. The lowest BCUT2D eigenvalue weighted by Gasteiger charge is -2.15. The van der Waals surface area contributed by atoms with Crippen molar-refractivity contribution in [1.82, 2.24) is 0 Å². The van der Waals surface area contributed by atoms with E-state index in [0.717, 1.165) is 32.1 Å². The fourth-order valence-electron chi connectivity index (χ4n) is 13.3. The molecule has 0 rings (SSSR count). The van der Waals surface area contributed by atoms with Crippen LogP contribution in [0.1, 0.15) is 489 Å². The molecule has 1 N–H and O–H groups in total. The molecule has 0 aliphatic rings. The molecule has 0 spiro atoms. The molecule has 86 heavy (non-hydrogen) atoms. The number of aliphatic hydroxyl groups is 1. The van der Waals surface area contributed by atoms with Crippen molar-refractivity contribution in [3.8, 4) is 0 Å². The van der Waals surface area contributed by atoms with Gasteiger partial charge in [0.15, 0.2) is 6.10 Å². The summed E-state index contributed by atoms with van der Waals surface area (Å²) in [6.07, 6.45) is 101. The number of rotatable bonds is 78. The van der Waals surface area contributed by atoms with Crippen LogP contribution in [-0.2, 0) is 19.1 Å². The number of esters is 2. The van der Waals surface area contributed by atoms with E-state index in [4.69, 9.17) is 9.47 Å². The summed E-state index contributed by atoms with van der Waals surface area (Å²) in [6, 6.07) is 0. The highest BCUT2D eigenvalue weighted by atomic mass is 16.6. The van der Waals surface area contributed by atoms with E-state index in [1.54, 1.807) is 0 Å². The first-order valence-corrected chi connectivity index (χ1v) is 40.6. The molecule has 0 amide bonds. The minimum atomic E-state index is -0.766. The molecule has 0 saturated heterocycles. The normalized spacial score (nSPS) is 12.0. The van der Waals surface area contributed by atoms with Crippen LogP contribution in [0, 0.1) is 0 Å². The smallest absolute Gasteiger partial charge is 0.306 e. The quantitative estimate of drug-likeness (QED) is 0.0485. The molecule has 0 bridgehead atoms. The first-order valence-electron chi connectivity index (χ1n) is 40.6. The maximum atomic E-state index is 12.4. The zero-order valence-corrected chi connectivity index (χ0v) is 59.4. The van der Waals surface area contributed by atoms with Crippen molar-refractivity contribution in [2.45, 2.75) is 495 Å². The second-order valence-corrected chi connectivity index (χ2v) is 28.2. The maximum Gasteiger partial charge on any atom is 0.306 e. The molecule has 0 fully saturated rings. The van der Waals surface area contributed by atoms with Crippen molar-refractivity contribution in [3.63, 3.8) is 0 Å². The summed E-state index contributed by atoms with van der Waals surface area (Å²) in [6.45, 7) is 4.24. The SMILES string of the molecule is CCCCCCCCCCCCCCCCCCCCCCCCCCCCCCCCCCCCCCCCC(=O)OC(CO)COC(=O)CCCCCCCCCCCCCCCCCCCCCCCCCCCCCCCCCCCC. The Bertz CT molecular complexity index is 1240. The van der Waals surface area contributed by atoms with Crippen molar-refractivity contribution in [1.29, 1.82) is 0 Å². The van der Waals surface area contributed by atoms with Crippen LogP contribution in [0.2, 0.25) is 0 Å². The Morgan fingerprint density at radius 2 is 0.360 bits per heavy atom. The van der Waals surface area contributed by atoms with Gasteiger partial charge in [-0.2, -0.15) is 0 Å². The van der Waals surface area contributed by atoms with Crippen LogP contribution in [0.3, 0.4) is 0 Å². The fraction of sp³-hybridized carbons (Fsp3) is 0.975. The molecule has 5 nitrogen and oxygen atoms in total. The van der Waals surface area contributed by atoms with Gasteiger partial charge in [-0.25, -0.2) is 0 Å². The minimum absolute atomic E-state index is 0.0551. The van der Waals surface area contributed by atoms with Crippen LogP contribution >= 0.6 is 0 Å². The zero-order valence-electron chi connectivity index (χ0n) is 59.4. The lowest BCUT2D eigenvalue weighted by Crippen LogP contribution is -2.28. The summed E-state index contributed by atoms with van der Waals surface area (Å²) in [5, 5.41) is 9.73. The van der Waals surface area contributed by atoms with E-state index >= 15 is 0 Å². The number of carbonyl (C=O) groups excluding carboxylic acids is 2. The number of hydrogen-bond acceptors (Lipinski definition) is 5. The molecule has 0 radical (unpaired) electrons. The van der Waals surface area contributed by atoms with E-state index in [2.05, 4.69) is 13.8 Å². The van der Waals surface area contributed by atoms with Gasteiger partial charge in [0.05, 0.1) is 6.61 Å². The van der Waals surface area contributed by atoms with Gasteiger partial charge in [-0.15, -0.1) is 0 Å². The molecule has 0 aromatic heterocycles. The molecule has 1 atom stereocenters. The van der Waals surface area contributed by atoms with E-state index < -0.39 is 6.10 Å². The number of carbonyl (C=O) groups is 2. The number of unbranched alkanes of at least 4 members (excludes halogenated alkanes) is 70. The molecule has 0 aliphatic heterocycles. The summed E-state index contributed by atoms with van der Waals surface area (Å²) in [7, 11) is 0. The lowest BCUT2D eigenvalue weighted by atomic mass is 10.0. The Labute approximate surface area is 541 Å². The van der Waals surface area contributed by atoms with Crippen LogP contribution in [0.5, 0.6) is 0 Å². The molecule has 0 aromatic carbocycles. The third-order valence-corrected chi connectivity index (χ3v) is 19.4. The summed E-state index contributed by atoms with van der Waals surface area (Å²) >= 11 is 0. The molecule has 0 aromatic rings. The highest BCUT2D eigenvalue weighted by Crippen LogP contribution is 2.21. The van der Waals surface area contributed by atoms with Crippen LogP contribution in [0.25, 0.3) is 0 Å². The standard InChI is InChI=1S/C81H160O5/c1-3-5-7-9-11-13-15-17-19-21-23-25-27-29-31-33-35-37-39-40-41-42-44-46-48-50-52-54-56-58-60-62-64-66-68-70-72-74-76-81(84)86-79(77-82)78-85-80(83)75-73-71-69-67-65-63-61-59-57-55-53-51-49-47-45-43-38-36-34-32-30-28-26-24-22-20-18-16-14-12-10-8-6-4-2/h79,82H,3-78H2,1-2H3. The predicted octanol–water partition coefficient (Wildman–Crippen LogP) is 28.3. The van der Waals surface area contributed by atoms with Crippen LogP contribution in [0.15, 0.2) is 0 Å². The third kappa shape index (κ3) is 75.4. The van der Waals surface area contributed by atoms with Crippen LogP contribution < -0.4 is 0 Å². The van der Waals surface area contributed by atoms with E-state index in [1.807, 2.05) is 0 Å². The van der Waals surface area contributed by atoms with Crippen LogP contribution in [-0.4, -0.2) is 36.4 Å². The summed E-state index contributed by atoms with van der Waals surface area (Å²) in [4.78, 5) is 24.7. The molecule has 0 heterocycles. The van der Waals surface area contributed by atoms with Crippen molar-refractivity contribution in [2.75, 3.05) is 13.2 Å². The monoisotopic (exact) mass is 1210 g/mol. The Morgan fingerprint density at radius 1 is 0.221 bits per heavy atom.